The van der Waals surface area contributed by atoms with Crippen LogP contribution in [-0.2, 0) is 23.4 Å². The minimum atomic E-state index is -0.273. The number of rotatable bonds is 7. The first kappa shape index (κ1) is 22.0. The third-order valence-corrected chi connectivity index (χ3v) is 6.40. The number of nitrogens with zero attached hydrogens (tertiary/aromatic N) is 3. The number of carbonyl (C=O) groups is 1. The molecular formula is C25H29N7O2. The van der Waals surface area contributed by atoms with E-state index in [2.05, 4.69) is 49.4 Å². The normalized spacial score (nSPS) is 15.9. The first-order chi connectivity index (χ1) is 16.5. The molecule has 0 spiro atoms. The third kappa shape index (κ3) is 4.50. The van der Waals surface area contributed by atoms with Crippen LogP contribution in [0.1, 0.15) is 49.4 Å². The first-order valence-electron chi connectivity index (χ1n) is 11.5. The molecule has 1 aromatic carbocycles. The van der Waals surface area contributed by atoms with Crippen LogP contribution in [0.25, 0.3) is 11.0 Å². The van der Waals surface area contributed by atoms with E-state index in [0.29, 0.717) is 19.0 Å². The third-order valence-electron chi connectivity index (χ3n) is 6.40. The molecule has 2 heterocycles. The van der Waals surface area contributed by atoms with Crippen LogP contribution >= 0.6 is 0 Å². The Balaban J connectivity index is 1.49. The second-order valence-corrected chi connectivity index (χ2v) is 9.22. The van der Waals surface area contributed by atoms with Gasteiger partial charge >= 0.3 is 6.03 Å². The number of aromatic nitrogens is 3. The number of carbonyl (C=O) groups excluding carboxylic acids is 1. The number of hydrogen-bond donors (Lipinski definition) is 4. The Bertz CT molecular complexity index is 1280. The standard InChI is InChI=1S/C25H29N7O2/c1-25(10-11-25)32-20(9-12-27-24(33)31-18-7-8-18)19(21-22(26)29-15-30-23(21)32)13-28-17-5-3-16(4-6-17)14-34-2/h3-6,15,18,28H,7-8,10-11,13-14H2,1-2H3,(H2,26,29,30)(H2,27,31,33). The SMILES string of the molecule is COCc1ccc(NCc2c(C#CNC(=O)NC3CC3)n(C3(C)CC3)c3ncnc(N)c23)cc1. The molecular weight excluding hydrogens is 430 g/mol. The van der Waals surface area contributed by atoms with Gasteiger partial charge in [-0.25, -0.2) is 14.8 Å². The molecule has 9 heteroatoms. The Morgan fingerprint density at radius 1 is 1.26 bits per heavy atom. The van der Waals surface area contributed by atoms with Gasteiger partial charge in [0.1, 0.15) is 23.5 Å². The van der Waals surface area contributed by atoms with Crippen LogP contribution in [0.15, 0.2) is 30.6 Å². The zero-order valence-corrected chi connectivity index (χ0v) is 19.4. The van der Waals surface area contributed by atoms with E-state index in [4.69, 9.17) is 10.5 Å². The summed E-state index contributed by atoms with van der Waals surface area (Å²) in [6.07, 6.45) is 5.59. The summed E-state index contributed by atoms with van der Waals surface area (Å²) in [5.41, 5.74) is 10.8. The maximum Gasteiger partial charge on any atom is 0.326 e. The molecule has 0 saturated heterocycles. The summed E-state index contributed by atoms with van der Waals surface area (Å²) >= 11 is 0. The fraction of sp³-hybridized carbons (Fsp3) is 0.400. The lowest BCUT2D eigenvalue weighted by Gasteiger charge is -2.15. The average molecular weight is 460 g/mol. The fourth-order valence-corrected chi connectivity index (χ4v) is 4.11. The number of hydrogen-bond acceptors (Lipinski definition) is 6. The molecule has 2 aromatic heterocycles. The lowest BCUT2D eigenvalue weighted by Crippen LogP contribution is -2.34. The van der Waals surface area contributed by atoms with Crippen LogP contribution < -0.4 is 21.7 Å². The molecule has 5 rings (SSSR count). The van der Waals surface area contributed by atoms with E-state index in [0.717, 1.165) is 59.2 Å². The van der Waals surface area contributed by atoms with Crippen molar-refractivity contribution in [2.24, 2.45) is 0 Å². The minimum absolute atomic E-state index is 0.0839. The van der Waals surface area contributed by atoms with E-state index in [9.17, 15) is 4.79 Å². The van der Waals surface area contributed by atoms with Gasteiger partial charge in [0, 0.05) is 42.5 Å². The predicted molar refractivity (Wildman–Crippen MR) is 131 cm³/mol. The summed E-state index contributed by atoms with van der Waals surface area (Å²) < 4.78 is 7.35. The van der Waals surface area contributed by atoms with Crippen LogP contribution in [0.2, 0.25) is 0 Å². The highest BCUT2D eigenvalue weighted by Gasteiger charge is 2.43. The molecule has 0 aliphatic heterocycles. The van der Waals surface area contributed by atoms with Gasteiger partial charge in [0.15, 0.2) is 0 Å². The van der Waals surface area contributed by atoms with Crippen LogP contribution in [0.4, 0.5) is 16.3 Å². The van der Waals surface area contributed by atoms with Gasteiger partial charge in [-0.15, -0.1) is 0 Å². The molecule has 0 radical (unpaired) electrons. The highest BCUT2D eigenvalue weighted by Crippen LogP contribution is 2.47. The van der Waals surface area contributed by atoms with Crippen molar-refractivity contribution in [1.82, 2.24) is 25.2 Å². The van der Waals surface area contributed by atoms with Crippen LogP contribution in [0.3, 0.4) is 0 Å². The van der Waals surface area contributed by atoms with E-state index in [1.807, 2.05) is 24.3 Å². The lowest BCUT2D eigenvalue weighted by atomic mass is 10.1. The minimum Gasteiger partial charge on any atom is -0.383 e. The van der Waals surface area contributed by atoms with Gasteiger partial charge in [-0.2, -0.15) is 0 Å². The number of methoxy groups -OCH3 is 1. The van der Waals surface area contributed by atoms with E-state index in [-0.39, 0.29) is 17.6 Å². The van der Waals surface area contributed by atoms with Gasteiger partial charge in [-0.3, -0.25) is 5.32 Å². The van der Waals surface area contributed by atoms with Crippen molar-refractivity contribution in [3.63, 3.8) is 0 Å². The number of nitrogens with two attached hydrogens (primary N) is 1. The number of urea groups is 1. The number of fused-ring (bicyclic) bond motifs is 1. The molecule has 5 N–H and O–H groups in total. The van der Waals surface area contributed by atoms with Crippen molar-refractivity contribution in [2.75, 3.05) is 18.2 Å². The van der Waals surface area contributed by atoms with Crippen LogP contribution in [0, 0.1) is 12.0 Å². The van der Waals surface area contributed by atoms with Gasteiger partial charge < -0.3 is 25.7 Å². The number of benzene rings is 1. The summed E-state index contributed by atoms with van der Waals surface area (Å²) in [5, 5.41) is 9.81. The van der Waals surface area contributed by atoms with E-state index in [1.54, 1.807) is 7.11 Å². The van der Waals surface area contributed by atoms with Gasteiger partial charge in [0.25, 0.3) is 0 Å². The quantitative estimate of drug-likeness (QED) is 0.319. The highest BCUT2D eigenvalue weighted by molar-refractivity contribution is 5.93. The van der Waals surface area contributed by atoms with Crippen molar-refractivity contribution in [3.8, 4) is 12.0 Å². The zero-order chi connectivity index (χ0) is 23.7. The van der Waals surface area contributed by atoms with Crippen molar-refractivity contribution in [2.45, 2.75) is 57.3 Å². The molecule has 2 fully saturated rings. The number of anilines is 2. The second kappa shape index (κ2) is 8.88. The average Bonchev–Trinajstić information content (AvgIpc) is 3.74. The molecule has 0 unspecified atom stereocenters. The number of amides is 2. The van der Waals surface area contributed by atoms with Gasteiger partial charge in [0.05, 0.1) is 12.0 Å². The summed E-state index contributed by atoms with van der Waals surface area (Å²) in [6, 6.07) is 10.9. The number of nitrogen functional groups attached to an aromatic ring is 1. The Hall–Kier alpha value is -3.77. The predicted octanol–water partition coefficient (Wildman–Crippen LogP) is 3.05. The largest absolute Gasteiger partial charge is 0.383 e. The van der Waals surface area contributed by atoms with E-state index >= 15 is 0 Å². The molecule has 34 heavy (non-hydrogen) atoms. The molecule has 2 saturated carbocycles. The van der Waals surface area contributed by atoms with Gasteiger partial charge in [-0.05, 0) is 56.2 Å². The van der Waals surface area contributed by atoms with Crippen LogP contribution in [-0.4, -0.2) is 33.7 Å². The van der Waals surface area contributed by atoms with Crippen LogP contribution in [0.5, 0.6) is 0 Å². The summed E-state index contributed by atoms with van der Waals surface area (Å²) in [6.45, 7) is 3.25. The molecule has 2 amide bonds. The maximum absolute atomic E-state index is 12.1. The molecule has 0 atom stereocenters. The molecule has 0 bridgehead atoms. The molecule has 9 nitrogen and oxygen atoms in total. The van der Waals surface area contributed by atoms with Crippen molar-refractivity contribution in [1.29, 1.82) is 0 Å². The van der Waals surface area contributed by atoms with E-state index in [1.165, 1.54) is 6.33 Å². The number of nitrogens with one attached hydrogen (secondary N) is 3. The highest BCUT2D eigenvalue weighted by atomic mass is 16.5. The molecule has 2 aliphatic rings. The Kier molecular flexibility index (Phi) is 5.75. The van der Waals surface area contributed by atoms with Crippen molar-refractivity contribution in [3.05, 3.63) is 47.4 Å². The van der Waals surface area contributed by atoms with Crippen molar-refractivity contribution < 1.29 is 9.53 Å². The summed E-state index contributed by atoms with van der Waals surface area (Å²) in [4.78, 5) is 20.9. The molecule has 2 aliphatic carbocycles. The lowest BCUT2D eigenvalue weighted by molar-refractivity contribution is 0.185. The van der Waals surface area contributed by atoms with Crippen molar-refractivity contribution >= 4 is 28.6 Å². The topological polar surface area (TPSA) is 119 Å². The zero-order valence-electron chi connectivity index (χ0n) is 19.4. The van der Waals surface area contributed by atoms with E-state index < -0.39 is 0 Å². The number of ether oxygens (including phenoxy) is 1. The van der Waals surface area contributed by atoms with Gasteiger partial charge in [0.2, 0.25) is 0 Å². The smallest absolute Gasteiger partial charge is 0.326 e. The summed E-state index contributed by atoms with van der Waals surface area (Å²) in [5.74, 6) is 3.61. The van der Waals surface area contributed by atoms with Gasteiger partial charge in [-0.1, -0.05) is 12.1 Å². The Morgan fingerprint density at radius 3 is 2.71 bits per heavy atom. The Labute approximate surface area is 198 Å². The molecule has 176 valence electrons. The molecule has 3 aromatic rings. The summed E-state index contributed by atoms with van der Waals surface area (Å²) in [7, 11) is 1.68. The Morgan fingerprint density at radius 2 is 2.03 bits per heavy atom. The fourth-order valence-electron chi connectivity index (χ4n) is 4.11. The first-order valence-corrected chi connectivity index (χ1v) is 11.5. The maximum atomic E-state index is 12.1. The second-order valence-electron chi connectivity index (χ2n) is 9.22. The monoisotopic (exact) mass is 459 g/mol.